The predicted molar refractivity (Wildman–Crippen MR) is 66.6 cm³/mol. The molecule has 0 aliphatic rings. The average molecular weight is 223 g/mol. The van der Waals surface area contributed by atoms with Crippen LogP contribution in [0.2, 0.25) is 0 Å². The minimum atomic E-state index is 0.194. The third kappa shape index (κ3) is 4.64. The summed E-state index contributed by atoms with van der Waals surface area (Å²) >= 11 is 0. The summed E-state index contributed by atoms with van der Waals surface area (Å²) in [6.07, 6.45) is 2.51. The van der Waals surface area contributed by atoms with E-state index in [9.17, 15) is 0 Å². The Morgan fingerprint density at radius 2 is 1.81 bits per heavy atom. The third-order valence-electron chi connectivity index (χ3n) is 2.56. The van der Waals surface area contributed by atoms with Gasteiger partial charge in [0.25, 0.3) is 0 Å². The molecule has 0 aromatic heterocycles. The Hall–Kier alpha value is -1.06. The molecule has 3 heteroatoms. The lowest BCUT2D eigenvalue weighted by atomic mass is 10.1. The van der Waals surface area contributed by atoms with Crippen LogP contribution < -0.4 is 5.32 Å². The van der Waals surface area contributed by atoms with Crippen LogP contribution in [0.4, 0.5) is 5.69 Å². The van der Waals surface area contributed by atoms with Crippen molar-refractivity contribution >= 4 is 5.69 Å². The van der Waals surface area contributed by atoms with E-state index in [4.69, 9.17) is 10.2 Å². The van der Waals surface area contributed by atoms with Crippen molar-refractivity contribution in [1.82, 2.24) is 0 Å². The molecule has 3 N–H and O–H groups in total. The molecule has 0 bridgehead atoms. The maximum Gasteiger partial charge on any atom is 0.0471 e. The molecule has 0 amide bonds. The van der Waals surface area contributed by atoms with E-state index in [1.807, 2.05) is 24.3 Å². The molecule has 3 nitrogen and oxygen atoms in total. The Morgan fingerprint density at radius 1 is 1.12 bits per heavy atom. The number of hydrogen-bond donors (Lipinski definition) is 3. The molecule has 0 aliphatic heterocycles. The molecule has 16 heavy (non-hydrogen) atoms. The number of aliphatic hydroxyl groups is 2. The van der Waals surface area contributed by atoms with Gasteiger partial charge in [0.15, 0.2) is 0 Å². The molecular weight excluding hydrogens is 202 g/mol. The van der Waals surface area contributed by atoms with Gasteiger partial charge in [0.2, 0.25) is 0 Å². The summed E-state index contributed by atoms with van der Waals surface area (Å²) in [5.41, 5.74) is 2.24. The van der Waals surface area contributed by atoms with E-state index in [0.29, 0.717) is 12.5 Å². The molecule has 1 rings (SSSR count). The summed E-state index contributed by atoms with van der Waals surface area (Å²) in [4.78, 5) is 0. The topological polar surface area (TPSA) is 52.5 Å². The van der Waals surface area contributed by atoms with Crippen molar-refractivity contribution in [3.8, 4) is 0 Å². The van der Waals surface area contributed by atoms with Crippen molar-refractivity contribution in [2.45, 2.75) is 32.2 Å². The second kappa shape index (κ2) is 7.25. The van der Waals surface area contributed by atoms with Crippen molar-refractivity contribution in [3.05, 3.63) is 29.8 Å². The van der Waals surface area contributed by atoms with E-state index < -0.39 is 0 Å². The number of rotatable bonds is 7. The Balaban J connectivity index is 2.41. The lowest BCUT2D eigenvalue weighted by molar-refractivity contribution is 0.282. The highest BCUT2D eigenvalue weighted by atomic mass is 16.3. The Bertz CT molecular complexity index is 284. The van der Waals surface area contributed by atoms with Gasteiger partial charge in [-0.25, -0.2) is 0 Å². The fourth-order valence-corrected chi connectivity index (χ4v) is 1.65. The van der Waals surface area contributed by atoms with Crippen LogP contribution in [-0.4, -0.2) is 29.5 Å². The van der Waals surface area contributed by atoms with E-state index in [0.717, 1.165) is 24.1 Å². The zero-order valence-electron chi connectivity index (χ0n) is 9.82. The SMILES string of the molecule is CC(CCCO)Nc1ccc(CCO)cc1. The number of benzene rings is 1. The van der Waals surface area contributed by atoms with Crippen LogP contribution in [0.15, 0.2) is 24.3 Å². The van der Waals surface area contributed by atoms with Crippen LogP contribution in [0, 0.1) is 0 Å². The van der Waals surface area contributed by atoms with Gasteiger partial charge in [-0.05, 0) is 43.9 Å². The summed E-state index contributed by atoms with van der Waals surface area (Å²) in [5.74, 6) is 0. The zero-order valence-corrected chi connectivity index (χ0v) is 9.82. The van der Waals surface area contributed by atoms with E-state index in [1.54, 1.807) is 0 Å². The fourth-order valence-electron chi connectivity index (χ4n) is 1.65. The molecule has 0 saturated carbocycles. The van der Waals surface area contributed by atoms with Crippen molar-refractivity contribution in [2.24, 2.45) is 0 Å². The van der Waals surface area contributed by atoms with Crippen molar-refractivity contribution < 1.29 is 10.2 Å². The molecule has 0 spiro atoms. The largest absolute Gasteiger partial charge is 0.396 e. The van der Waals surface area contributed by atoms with Crippen LogP contribution in [0.3, 0.4) is 0 Å². The van der Waals surface area contributed by atoms with Gasteiger partial charge in [-0.1, -0.05) is 12.1 Å². The first kappa shape index (κ1) is 13.0. The van der Waals surface area contributed by atoms with Crippen LogP contribution in [0.25, 0.3) is 0 Å². The van der Waals surface area contributed by atoms with Crippen LogP contribution in [0.5, 0.6) is 0 Å². The van der Waals surface area contributed by atoms with Crippen molar-refractivity contribution in [1.29, 1.82) is 0 Å². The molecule has 0 fully saturated rings. The van der Waals surface area contributed by atoms with Crippen LogP contribution in [0.1, 0.15) is 25.3 Å². The molecular formula is C13H21NO2. The summed E-state index contributed by atoms with van der Waals surface area (Å²) in [6, 6.07) is 8.48. The fraction of sp³-hybridized carbons (Fsp3) is 0.538. The second-order valence-electron chi connectivity index (χ2n) is 4.08. The van der Waals surface area contributed by atoms with E-state index in [2.05, 4.69) is 12.2 Å². The summed E-state index contributed by atoms with van der Waals surface area (Å²) in [7, 11) is 0. The quantitative estimate of drug-likeness (QED) is 0.660. The molecule has 0 radical (unpaired) electrons. The van der Waals surface area contributed by atoms with Gasteiger partial charge in [-0.15, -0.1) is 0 Å². The summed E-state index contributed by atoms with van der Waals surface area (Å²) in [5, 5.41) is 20.9. The second-order valence-corrected chi connectivity index (χ2v) is 4.08. The first-order valence-corrected chi connectivity index (χ1v) is 5.83. The summed E-state index contributed by atoms with van der Waals surface area (Å²) < 4.78 is 0. The van der Waals surface area contributed by atoms with Gasteiger partial charge in [-0.2, -0.15) is 0 Å². The minimum Gasteiger partial charge on any atom is -0.396 e. The Morgan fingerprint density at radius 3 is 2.38 bits per heavy atom. The van der Waals surface area contributed by atoms with Crippen molar-refractivity contribution in [2.75, 3.05) is 18.5 Å². The third-order valence-corrected chi connectivity index (χ3v) is 2.56. The maximum atomic E-state index is 8.79. The highest BCUT2D eigenvalue weighted by Crippen LogP contribution is 2.12. The average Bonchev–Trinajstić information content (AvgIpc) is 2.29. The summed E-state index contributed by atoms with van der Waals surface area (Å²) in [6.45, 7) is 2.55. The van der Waals surface area contributed by atoms with E-state index >= 15 is 0 Å². The number of anilines is 1. The van der Waals surface area contributed by atoms with Gasteiger partial charge in [-0.3, -0.25) is 0 Å². The molecule has 0 heterocycles. The van der Waals surface area contributed by atoms with E-state index in [1.165, 1.54) is 0 Å². The van der Waals surface area contributed by atoms with Gasteiger partial charge < -0.3 is 15.5 Å². The Kier molecular flexibility index (Phi) is 5.90. The lowest BCUT2D eigenvalue weighted by Gasteiger charge is -2.14. The maximum absolute atomic E-state index is 8.79. The number of aliphatic hydroxyl groups excluding tert-OH is 2. The molecule has 1 atom stereocenters. The van der Waals surface area contributed by atoms with Crippen LogP contribution >= 0.6 is 0 Å². The predicted octanol–water partition coefficient (Wildman–Crippen LogP) is 1.79. The highest BCUT2D eigenvalue weighted by Gasteiger charge is 2.01. The normalized spacial score (nSPS) is 12.4. The standard InChI is InChI=1S/C13H21NO2/c1-11(3-2-9-15)14-13-6-4-12(5-7-13)8-10-16/h4-7,11,14-16H,2-3,8-10H2,1H3. The monoisotopic (exact) mass is 223 g/mol. The molecule has 0 saturated heterocycles. The number of nitrogens with one attached hydrogen (secondary N) is 1. The van der Waals surface area contributed by atoms with Gasteiger partial charge in [0, 0.05) is 24.9 Å². The number of hydrogen-bond acceptors (Lipinski definition) is 3. The smallest absolute Gasteiger partial charge is 0.0471 e. The first-order valence-electron chi connectivity index (χ1n) is 5.83. The molecule has 1 unspecified atom stereocenters. The van der Waals surface area contributed by atoms with Crippen molar-refractivity contribution in [3.63, 3.8) is 0 Å². The van der Waals surface area contributed by atoms with Gasteiger partial charge >= 0.3 is 0 Å². The Labute approximate surface area is 97.1 Å². The molecule has 1 aromatic rings. The molecule has 90 valence electrons. The van der Waals surface area contributed by atoms with Gasteiger partial charge in [0.05, 0.1) is 0 Å². The van der Waals surface area contributed by atoms with Gasteiger partial charge in [0.1, 0.15) is 0 Å². The van der Waals surface area contributed by atoms with E-state index in [-0.39, 0.29) is 13.2 Å². The zero-order chi connectivity index (χ0) is 11.8. The molecule has 0 aliphatic carbocycles. The first-order chi connectivity index (χ1) is 7.76. The van der Waals surface area contributed by atoms with Crippen LogP contribution in [-0.2, 0) is 6.42 Å². The lowest BCUT2D eigenvalue weighted by Crippen LogP contribution is -2.15. The highest BCUT2D eigenvalue weighted by molar-refractivity contribution is 5.45. The minimum absolute atomic E-state index is 0.194. The molecule has 1 aromatic carbocycles.